The first kappa shape index (κ1) is 90.2. The second-order valence-corrected chi connectivity index (χ2v) is 45.0. The zero-order chi connectivity index (χ0) is 70.3. The third-order valence-corrected chi connectivity index (χ3v) is 35.6. The Balaban J connectivity index is 0.000000629. The molecule has 552 valence electrons. The predicted octanol–water partition coefficient (Wildman–Crippen LogP) is 11.5. The van der Waals surface area contributed by atoms with Crippen molar-refractivity contribution < 1.29 is 44.9 Å². The van der Waals surface area contributed by atoms with E-state index < -0.39 is 34.2 Å². The summed E-state index contributed by atoms with van der Waals surface area (Å²) >= 11 is 0. The summed E-state index contributed by atoms with van der Waals surface area (Å²) in [7, 11) is -9.07. The second-order valence-electron chi connectivity index (χ2n) is 27.7. The van der Waals surface area contributed by atoms with Crippen LogP contribution in [0, 0.1) is 0 Å². The number of nitrogens with one attached hydrogen (secondary N) is 2. The molecule has 0 bridgehead atoms. The zero-order valence-corrected chi connectivity index (χ0v) is 66.7. The van der Waals surface area contributed by atoms with Crippen molar-refractivity contribution in [2.75, 3.05) is 169 Å². The van der Waals surface area contributed by atoms with Gasteiger partial charge in [0.25, 0.3) is 0 Å². The lowest BCUT2D eigenvalue weighted by molar-refractivity contribution is 0.0568. The first-order valence-corrected chi connectivity index (χ1v) is 44.4. The van der Waals surface area contributed by atoms with Crippen LogP contribution in [0.5, 0.6) is 0 Å². The van der Waals surface area contributed by atoms with Crippen LogP contribution < -0.4 is 45.0 Å². The molecule has 94 heavy (non-hydrogen) atoms. The molecule has 0 atom stereocenters. The highest BCUT2D eigenvalue weighted by molar-refractivity contribution is 6.71. The summed E-state index contributed by atoms with van der Waals surface area (Å²) in [5, 5.41) is 6.82. The Morgan fingerprint density at radius 2 is 0.628 bits per heavy atom. The molecule has 0 radical (unpaired) electrons. The quantitative estimate of drug-likeness (QED) is 0.0174. The molecule has 2 aromatic carbocycles. The Morgan fingerprint density at radius 1 is 0.340 bits per heavy atom. The van der Waals surface area contributed by atoms with Crippen molar-refractivity contribution in [3.8, 4) is 0 Å². The van der Waals surface area contributed by atoms with Gasteiger partial charge in [0.15, 0.2) is 0 Å². The molecular weight excluding hydrogens is 1250 g/mol. The molecular formula is C70H146N10O10Si4. The lowest BCUT2D eigenvalue weighted by Gasteiger charge is -2.39. The van der Waals surface area contributed by atoms with E-state index in [2.05, 4.69) is 131 Å². The van der Waals surface area contributed by atoms with Gasteiger partial charge in [0.2, 0.25) is 0 Å². The molecule has 2 aliphatic heterocycles. The number of ether oxygens (including phenoxy) is 2. The van der Waals surface area contributed by atoms with Crippen LogP contribution >= 0.6 is 0 Å². The molecule has 2 heterocycles. The summed E-state index contributed by atoms with van der Waals surface area (Å²) in [6.07, 6.45) is 9.31. The van der Waals surface area contributed by atoms with Crippen LogP contribution in [0.2, 0.25) is 44.3 Å². The Morgan fingerprint density at radius 3 is 0.915 bits per heavy atom. The number of benzene rings is 2. The van der Waals surface area contributed by atoms with Gasteiger partial charge in [0.1, 0.15) is 0 Å². The molecule has 14 N–H and O–H groups in total. The molecule has 4 rings (SSSR count). The van der Waals surface area contributed by atoms with Crippen molar-refractivity contribution in [1.82, 2.24) is 20.4 Å². The van der Waals surface area contributed by atoms with Gasteiger partial charge in [0.05, 0.1) is 52.9 Å². The maximum atomic E-state index is 6.57. The molecule has 24 heteroatoms. The predicted molar refractivity (Wildman–Crippen MR) is 404 cm³/mol. The van der Waals surface area contributed by atoms with Gasteiger partial charge in [-0.2, -0.15) is 0 Å². The van der Waals surface area contributed by atoms with Gasteiger partial charge in [-0.05, 0) is 118 Å². The largest absolute Gasteiger partial charge is 0.399 e. The maximum absolute atomic E-state index is 6.57. The molecule has 2 saturated heterocycles. The van der Waals surface area contributed by atoms with E-state index >= 15 is 0 Å². The minimum absolute atomic E-state index is 0.328. The van der Waals surface area contributed by atoms with Crippen molar-refractivity contribution in [2.24, 2.45) is 22.9 Å². The van der Waals surface area contributed by atoms with Crippen LogP contribution in [-0.2, 0) is 58.1 Å². The third-order valence-electron chi connectivity index (χ3n) is 17.6. The summed E-state index contributed by atoms with van der Waals surface area (Å²) < 4.78 is 62.0. The van der Waals surface area contributed by atoms with E-state index in [4.69, 9.17) is 79.3 Å². The zero-order valence-electron chi connectivity index (χ0n) is 62.7. The molecule has 0 saturated carbocycles. The Bertz CT molecular complexity index is 1960. The fourth-order valence-electron chi connectivity index (χ4n) is 12.4. The van der Waals surface area contributed by atoms with Gasteiger partial charge in [0, 0.05) is 116 Å². The number of piperazine rings is 2. The molecule has 2 fully saturated rings. The van der Waals surface area contributed by atoms with Crippen LogP contribution in [0.1, 0.15) is 173 Å². The highest BCUT2D eigenvalue weighted by Crippen LogP contribution is 2.39. The highest BCUT2D eigenvalue weighted by atomic mass is 28.4. The molecule has 20 nitrogen and oxygen atoms in total. The van der Waals surface area contributed by atoms with E-state index in [0.717, 1.165) is 153 Å². The van der Waals surface area contributed by atoms with E-state index in [1.807, 2.05) is 48.5 Å². The number of unbranched alkanes of at least 4 members (excludes halogenated alkanes) is 6. The van der Waals surface area contributed by atoms with Crippen molar-refractivity contribution in [3.05, 3.63) is 59.7 Å². The molecule has 0 spiro atoms. The number of nitrogens with two attached hydrogens (primary N) is 6. The average Bonchev–Trinajstić information content (AvgIpc) is 0.861. The minimum Gasteiger partial charge on any atom is -0.399 e. The van der Waals surface area contributed by atoms with Crippen LogP contribution in [0.4, 0.5) is 11.4 Å². The standard InChI is InChI=1S/C20H30N2O2Si.C18H40N4O2Si.C18H42N2O2Si.C14H34N2O4Si/c1-15(2)25(16(3)4,23-13-17-7-5-9-19(21)11-17)24-14-18-8-6-10-20(22)12-18;1-17(2)25(18(3)4,23-15-13-21-9-5-19-6-10-21)24-16-14-22-11-7-20-8-12-22;1-17(2)23(18(3)4,21-15-11-7-5-9-13-19)22-16-12-8-6-10-14-20;1-13(2)21(14(3)4,19-11-9-17-7-5-15)20-12-10-18-8-6-16/h5-12,15-16H,13-14,21-22H2,1-4H3;17-20H,5-16H2,1-4H3;17-18H,5-16,19-20H2,1-4H3;13-14H,5-12,15-16H2,1-4H3. The summed E-state index contributed by atoms with van der Waals surface area (Å²) in [5.74, 6) is 0. The Kier molecular flexibility index (Phi) is 51.0. The molecule has 0 amide bonds. The Labute approximate surface area is 579 Å². The third kappa shape index (κ3) is 35.5. The number of rotatable bonds is 48. The number of anilines is 2. The second kappa shape index (κ2) is 53.1. The first-order chi connectivity index (χ1) is 44.9. The van der Waals surface area contributed by atoms with Crippen LogP contribution in [0.15, 0.2) is 48.5 Å². The van der Waals surface area contributed by atoms with Gasteiger partial charge in [-0.3, -0.25) is 9.80 Å². The van der Waals surface area contributed by atoms with Gasteiger partial charge < -0.3 is 89.9 Å². The minimum atomic E-state index is -2.43. The van der Waals surface area contributed by atoms with E-state index in [0.29, 0.717) is 110 Å². The normalized spacial score (nSPS) is 14.8. The van der Waals surface area contributed by atoms with Crippen LogP contribution in [-0.4, -0.2) is 202 Å². The summed E-state index contributed by atoms with van der Waals surface area (Å²) in [4.78, 5) is 4.99. The fraction of sp³-hybridized carbons (Fsp3) is 0.829. The number of nitrogen functional groups attached to an aromatic ring is 2. The van der Waals surface area contributed by atoms with E-state index in [-0.39, 0.29) is 0 Å². The maximum Gasteiger partial charge on any atom is 0.344 e. The van der Waals surface area contributed by atoms with E-state index in [1.54, 1.807) is 0 Å². The molecule has 0 aliphatic carbocycles. The van der Waals surface area contributed by atoms with Gasteiger partial charge >= 0.3 is 34.2 Å². The number of hydrogen-bond acceptors (Lipinski definition) is 20. The average molecular weight is 1400 g/mol. The lowest BCUT2D eigenvalue weighted by Crippen LogP contribution is -2.52. The highest BCUT2D eigenvalue weighted by Gasteiger charge is 2.48. The van der Waals surface area contributed by atoms with Crippen molar-refractivity contribution in [1.29, 1.82) is 0 Å². The topological polar surface area (TPSA) is 279 Å². The van der Waals surface area contributed by atoms with Gasteiger partial charge in [-0.1, -0.05) is 161 Å². The van der Waals surface area contributed by atoms with E-state index in [1.165, 1.54) is 25.7 Å². The SMILES string of the molecule is CC(C)[Si](OCCCCCCN)(OCCCCCCN)C(C)C.CC(C)[Si](OCCN1CCNCC1)(OCCN1CCNCC1)C(C)C.CC(C)[Si](OCCOCCN)(OCCOCCN)C(C)C.CC(C)[Si](OCc1cccc(N)c1)(OCc1cccc(N)c1)C(C)C. The van der Waals surface area contributed by atoms with Crippen molar-refractivity contribution in [3.63, 3.8) is 0 Å². The van der Waals surface area contributed by atoms with Gasteiger partial charge in [-0.15, -0.1) is 0 Å². The summed E-state index contributed by atoms with van der Waals surface area (Å²) in [6.45, 7) is 56.8. The number of nitrogens with zero attached hydrogens (tertiary/aromatic N) is 2. The van der Waals surface area contributed by atoms with Crippen LogP contribution in [0.3, 0.4) is 0 Å². The van der Waals surface area contributed by atoms with E-state index in [9.17, 15) is 0 Å². The number of hydrogen-bond donors (Lipinski definition) is 8. The Hall–Kier alpha value is -1.81. The smallest absolute Gasteiger partial charge is 0.344 e. The first-order valence-electron chi connectivity index (χ1n) is 36.5. The molecule has 2 aliphatic rings. The molecule has 0 aromatic heterocycles. The lowest BCUT2D eigenvalue weighted by atomic mass is 10.2. The van der Waals surface area contributed by atoms with Crippen LogP contribution in [0.25, 0.3) is 0 Å². The monoisotopic (exact) mass is 1400 g/mol. The molecule has 2 aromatic rings. The fourth-order valence-corrected chi connectivity index (χ4v) is 26.7. The van der Waals surface area contributed by atoms with Crippen molar-refractivity contribution in [2.45, 2.75) is 220 Å². The van der Waals surface area contributed by atoms with Crippen molar-refractivity contribution >= 4 is 45.6 Å². The molecule has 0 unspecified atom stereocenters. The van der Waals surface area contributed by atoms with Gasteiger partial charge in [-0.25, -0.2) is 0 Å². The summed E-state index contributed by atoms with van der Waals surface area (Å²) in [6, 6.07) is 15.7. The summed E-state index contributed by atoms with van der Waals surface area (Å²) in [5.41, 5.74) is 40.6.